The van der Waals surface area contributed by atoms with Crippen LogP contribution in [0.4, 0.5) is 0 Å². The lowest BCUT2D eigenvalue weighted by atomic mass is 10.0. The van der Waals surface area contributed by atoms with Crippen molar-refractivity contribution in [2.24, 2.45) is 5.92 Å². The molecule has 1 rings (SSSR count). The van der Waals surface area contributed by atoms with Gasteiger partial charge in [-0.05, 0) is 43.0 Å². The van der Waals surface area contributed by atoms with E-state index in [9.17, 15) is 0 Å². The van der Waals surface area contributed by atoms with Crippen molar-refractivity contribution in [1.82, 2.24) is 5.32 Å². The van der Waals surface area contributed by atoms with Crippen LogP contribution in [-0.2, 0) is 0 Å². The van der Waals surface area contributed by atoms with Crippen LogP contribution in [0.3, 0.4) is 0 Å². The number of ether oxygens (including phenoxy) is 1. The summed E-state index contributed by atoms with van der Waals surface area (Å²) in [5.41, 5.74) is 1.32. The first kappa shape index (κ1) is 15.0. The van der Waals surface area contributed by atoms with Crippen LogP contribution in [0, 0.1) is 5.92 Å². The van der Waals surface area contributed by atoms with E-state index in [1.807, 2.05) is 6.07 Å². The molecule has 0 aliphatic heterocycles. The fourth-order valence-corrected chi connectivity index (χ4v) is 1.98. The van der Waals surface area contributed by atoms with Crippen molar-refractivity contribution in [3.63, 3.8) is 0 Å². The summed E-state index contributed by atoms with van der Waals surface area (Å²) in [6.45, 7) is 10.6. The standard InChI is InChI=1S/C16H27NO/c1-5-16(17-6-2)14-8-7-9-15(12-14)18-11-10-13(3)4/h7-9,12-13,16-17H,5-6,10-11H2,1-4H3. The maximum absolute atomic E-state index is 5.80. The van der Waals surface area contributed by atoms with E-state index in [-0.39, 0.29) is 0 Å². The van der Waals surface area contributed by atoms with Gasteiger partial charge >= 0.3 is 0 Å². The summed E-state index contributed by atoms with van der Waals surface area (Å²) >= 11 is 0. The Balaban J connectivity index is 2.60. The maximum atomic E-state index is 5.80. The molecule has 1 N–H and O–H groups in total. The lowest BCUT2D eigenvalue weighted by Crippen LogP contribution is -2.20. The van der Waals surface area contributed by atoms with Crippen molar-refractivity contribution < 1.29 is 4.74 Å². The summed E-state index contributed by atoms with van der Waals surface area (Å²) in [4.78, 5) is 0. The molecule has 1 aromatic carbocycles. The van der Waals surface area contributed by atoms with Crippen molar-refractivity contribution in [2.45, 2.75) is 46.6 Å². The van der Waals surface area contributed by atoms with E-state index in [1.165, 1.54) is 5.56 Å². The molecule has 0 aromatic heterocycles. The van der Waals surface area contributed by atoms with Crippen molar-refractivity contribution >= 4 is 0 Å². The zero-order valence-corrected chi connectivity index (χ0v) is 12.2. The van der Waals surface area contributed by atoms with E-state index in [4.69, 9.17) is 4.74 Å². The molecule has 2 heteroatoms. The quantitative estimate of drug-likeness (QED) is 0.746. The highest BCUT2D eigenvalue weighted by Crippen LogP contribution is 2.21. The molecule has 0 saturated carbocycles. The van der Waals surface area contributed by atoms with E-state index >= 15 is 0 Å². The van der Waals surface area contributed by atoms with Gasteiger partial charge < -0.3 is 10.1 Å². The van der Waals surface area contributed by atoms with Crippen LogP contribution in [0.2, 0.25) is 0 Å². The van der Waals surface area contributed by atoms with Gasteiger partial charge in [0.15, 0.2) is 0 Å². The van der Waals surface area contributed by atoms with Crippen molar-refractivity contribution in [2.75, 3.05) is 13.2 Å². The maximum Gasteiger partial charge on any atom is 0.119 e. The number of nitrogens with one attached hydrogen (secondary N) is 1. The number of benzene rings is 1. The molecule has 1 aromatic rings. The van der Waals surface area contributed by atoms with Gasteiger partial charge in [-0.1, -0.05) is 39.8 Å². The first-order valence-electron chi connectivity index (χ1n) is 7.13. The van der Waals surface area contributed by atoms with Gasteiger partial charge in [0.1, 0.15) is 5.75 Å². The summed E-state index contributed by atoms with van der Waals surface area (Å²) in [6, 6.07) is 8.90. The topological polar surface area (TPSA) is 21.3 Å². The van der Waals surface area contributed by atoms with Gasteiger partial charge in [0, 0.05) is 6.04 Å². The second-order valence-corrected chi connectivity index (χ2v) is 5.12. The Hall–Kier alpha value is -1.02. The lowest BCUT2D eigenvalue weighted by molar-refractivity contribution is 0.289. The molecule has 1 unspecified atom stereocenters. The first-order chi connectivity index (χ1) is 8.67. The highest BCUT2D eigenvalue weighted by atomic mass is 16.5. The van der Waals surface area contributed by atoms with Crippen LogP contribution in [0.1, 0.15) is 52.1 Å². The number of hydrogen-bond acceptors (Lipinski definition) is 2. The molecule has 0 fully saturated rings. The van der Waals surface area contributed by atoms with Crippen molar-refractivity contribution in [3.8, 4) is 5.75 Å². The Bertz CT molecular complexity index is 336. The summed E-state index contributed by atoms with van der Waals surface area (Å²) < 4.78 is 5.80. The highest BCUT2D eigenvalue weighted by Gasteiger charge is 2.08. The van der Waals surface area contributed by atoms with Crippen LogP contribution < -0.4 is 10.1 Å². The van der Waals surface area contributed by atoms with Crippen LogP contribution in [0.15, 0.2) is 24.3 Å². The van der Waals surface area contributed by atoms with Gasteiger partial charge in [-0.2, -0.15) is 0 Å². The molecule has 0 aliphatic carbocycles. The third kappa shape index (κ3) is 5.09. The monoisotopic (exact) mass is 249 g/mol. The van der Waals surface area contributed by atoms with Crippen LogP contribution in [-0.4, -0.2) is 13.2 Å². The van der Waals surface area contributed by atoms with E-state index in [1.54, 1.807) is 0 Å². The van der Waals surface area contributed by atoms with E-state index in [0.717, 1.165) is 31.7 Å². The minimum atomic E-state index is 0.434. The molecule has 0 heterocycles. The minimum absolute atomic E-state index is 0.434. The molecule has 102 valence electrons. The van der Waals surface area contributed by atoms with Gasteiger partial charge in [0.25, 0.3) is 0 Å². The van der Waals surface area contributed by atoms with Gasteiger partial charge in [-0.3, -0.25) is 0 Å². The van der Waals surface area contributed by atoms with Crippen LogP contribution >= 0.6 is 0 Å². The molecule has 0 spiro atoms. The molecule has 0 saturated heterocycles. The predicted octanol–water partition coefficient (Wildman–Crippen LogP) is 4.17. The summed E-state index contributed by atoms with van der Waals surface area (Å²) in [7, 11) is 0. The third-order valence-electron chi connectivity index (χ3n) is 3.08. The van der Waals surface area contributed by atoms with Crippen LogP contribution in [0.25, 0.3) is 0 Å². The van der Waals surface area contributed by atoms with Crippen molar-refractivity contribution in [1.29, 1.82) is 0 Å². The Morgan fingerprint density at radius 1 is 1.22 bits per heavy atom. The van der Waals surface area contributed by atoms with Crippen molar-refractivity contribution in [3.05, 3.63) is 29.8 Å². The zero-order chi connectivity index (χ0) is 13.4. The minimum Gasteiger partial charge on any atom is -0.494 e. The average molecular weight is 249 g/mol. The predicted molar refractivity (Wildman–Crippen MR) is 78.1 cm³/mol. The Morgan fingerprint density at radius 3 is 2.61 bits per heavy atom. The SMILES string of the molecule is CCNC(CC)c1cccc(OCCC(C)C)c1. The molecule has 0 bridgehead atoms. The van der Waals surface area contributed by atoms with Gasteiger partial charge in [0.05, 0.1) is 6.61 Å². The number of hydrogen-bond donors (Lipinski definition) is 1. The second-order valence-electron chi connectivity index (χ2n) is 5.12. The zero-order valence-electron chi connectivity index (χ0n) is 12.2. The Kier molecular flexibility index (Phi) is 6.81. The smallest absolute Gasteiger partial charge is 0.119 e. The molecule has 0 radical (unpaired) electrons. The van der Waals surface area contributed by atoms with E-state index in [2.05, 4.69) is 51.2 Å². The molecular formula is C16H27NO. The van der Waals surface area contributed by atoms with Gasteiger partial charge in [-0.15, -0.1) is 0 Å². The fraction of sp³-hybridized carbons (Fsp3) is 0.625. The Morgan fingerprint density at radius 2 is 2.00 bits per heavy atom. The lowest BCUT2D eigenvalue weighted by Gasteiger charge is -2.17. The average Bonchev–Trinajstić information content (AvgIpc) is 2.36. The largest absolute Gasteiger partial charge is 0.494 e. The van der Waals surface area contributed by atoms with E-state index in [0.29, 0.717) is 12.0 Å². The molecular weight excluding hydrogens is 222 g/mol. The molecule has 0 aliphatic rings. The third-order valence-corrected chi connectivity index (χ3v) is 3.08. The molecule has 18 heavy (non-hydrogen) atoms. The van der Waals surface area contributed by atoms with Crippen LogP contribution in [0.5, 0.6) is 5.75 Å². The van der Waals surface area contributed by atoms with Gasteiger partial charge in [-0.25, -0.2) is 0 Å². The molecule has 1 atom stereocenters. The number of rotatable bonds is 8. The second kappa shape index (κ2) is 8.15. The fourth-order valence-electron chi connectivity index (χ4n) is 1.98. The molecule has 0 amide bonds. The van der Waals surface area contributed by atoms with Gasteiger partial charge in [0.2, 0.25) is 0 Å². The summed E-state index contributed by atoms with van der Waals surface area (Å²) in [5, 5.41) is 3.49. The highest BCUT2D eigenvalue weighted by molar-refractivity contribution is 5.30. The summed E-state index contributed by atoms with van der Waals surface area (Å²) in [6.07, 6.45) is 2.21. The Labute approximate surface area is 112 Å². The first-order valence-corrected chi connectivity index (χ1v) is 7.13. The van der Waals surface area contributed by atoms with E-state index < -0.39 is 0 Å². The normalized spacial score (nSPS) is 12.7. The summed E-state index contributed by atoms with van der Waals surface area (Å²) in [5.74, 6) is 1.68. The molecule has 2 nitrogen and oxygen atoms in total.